The molecule has 0 radical (unpaired) electrons. The van der Waals surface area contributed by atoms with Gasteiger partial charge in [0, 0.05) is 5.54 Å². The average molecular weight is 269 g/mol. The zero-order chi connectivity index (χ0) is 13.5. The van der Waals surface area contributed by atoms with Crippen LogP contribution in [0.1, 0.15) is 20.8 Å². The smallest absolute Gasteiger partial charge is 0.413 e. The number of imidazole rings is 1. The lowest BCUT2D eigenvalue weighted by molar-refractivity contribution is 0.195. The van der Waals surface area contributed by atoms with E-state index in [1.165, 1.54) is 9.42 Å². The number of hydrogen-bond acceptors (Lipinski definition) is 3. The number of aromatic nitrogens is 3. The van der Waals surface area contributed by atoms with Gasteiger partial charge in [-0.25, -0.2) is 14.3 Å². The Balaban J connectivity index is 2.55. The summed E-state index contributed by atoms with van der Waals surface area (Å²) in [6.45, 7) is 5.39. The van der Waals surface area contributed by atoms with Crippen LogP contribution in [0.25, 0.3) is 5.65 Å². The summed E-state index contributed by atoms with van der Waals surface area (Å²) in [5.41, 5.74) is -0.0435. The molecule has 7 heteroatoms. The van der Waals surface area contributed by atoms with E-state index in [4.69, 9.17) is 11.6 Å². The van der Waals surface area contributed by atoms with Crippen molar-refractivity contribution in [3.05, 3.63) is 23.5 Å². The van der Waals surface area contributed by atoms with Crippen LogP contribution in [0.2, 0.25) is 5.15 Å². The first kappa shape index (κ1) is 12.6. The molecule has 0 bridgehead atoms. The van der Waals surface area contributed by atoms with E-state index in [-0.39, 0.29) is 0 Å². The van der Waals surface area contributed by atoms with Crippen LogP contribution in [0.5, 0.6) is 0 Å². The van der Waals surface area contributed by atoms with Crippen molar-refractivity contribution in [1.29, 1.82) is 0 Å². The molecule has 2 aromatic rings. The van der Waals surface area contributed by atoms with E-state index in [1.807, 2.05) is 0 Å². The Morgan fingerprint density at radius 2 is 2.11 bits per heavy atom. The third-order valence-corrected chi connectivity index (χ3v) is 2.57. The van der Waals surface area contributed by atoms with Gasteiger partial charge in [-0.1, -0.05) is 11.6 Å². The number of halogens is 1. The predicted octanol–water partition coefficient (Wildman–Crippen LogP) is 2.67. The molecule has 0 atom stereocenters. The third-order valence-electron chi connectivity index (χ3n) is 2.37. The molecule has 2 rings (SSSR count). The van der Waals surface area contributed by atoms with Gasteiger partial charge in [0.1, 0.15) is 5.15 Å². The second-order valence-corrected chi connectivity index (χ2v) is 5.23. The highest BCUT2D eigenvalue weighted by atomic mass is 35.5. The molecular weight excluding hydrogens is 256 g/mol. The summed E-state index contributed by atoms with van der Waals surface area (Å²) in [6.07, 6.45) is 0.484. The van der Waals surface area contributed by atoms with Gasteiger partial charge in [-0.3, -0.25) is 4.90 Å². The number of anilines is 1. The molecule has 0 aromatic carbocycles. The number of fused-ring (bicyclic) bond motifs is 1. The van der Waals surface area contributed by atoms with Gasteiger partial charge in [-0.15, -0.1) is 0 Å². The molecule has 0 aliphatic carbocycles. The molecule has 0 fully saturated rings. The number of carbonyl (C=O) groups is 1. The minimum atomic E-state index is -1.06. The highest BCUT2D eigenvalue weighted by molar-refractivity contribution is 6.29. The molecule has 0 spiro atoms. The minimum Gasteiger partial charge on any atom is -0.465 e. The molecule has 1 amide bonds. The fourth-order valence-electron chi connectivity index (χ4n) is 1.68. The minimum absolute atomic E-state index is 0.323. The van der Waals surface area contributed by atoms with Crippen molar-refractivity contribution in [3.8, 4) is 0 Å². The van der Waals surface area contributed by atoms with Crippen molar-refractivity contribution in [2.45, 2.75) is 26.3 Å². The monoisotopic (exact) mass is 268 g/mol. The van der Waals surface area contributed by atoms with E-state index in [9.17, 15) is 9.90 Å². The van der Waals surface area contributed by atoms with Gasteiger partial charge in [-0.05, 0) is 32.9 Å². The maximum atomic E-state index is 11.3. The Kier molecular flexibility index (Phi) is 2.90. The fraction of sp³-hybridized carbons (Fsp3) is 0.364. The number of rotatable bonds is 1. The van der Waals surface area contributed by atoms with E-state index < -0.39 is 11.6 Å². The Labute approximate surface area is 109 Å². The third kappa shape index (κ3) is 2.24. The van der Waals surface area contributed by atoms with E-state index in [2.05, 4.69) is 10.1 Å². The maximum Gasteiger partial charge on any atom is 0.413 e. The molecule has 0 aliphatic heterocycles. The van der Waals surface area contributed by atoms with Crippen LogP contribution in [0.3, 0.4) is 0 Å². The normalized spacial score (nSPS) is 11.8. The number of amides is 1. The van der Waals surface area contributed by atoms with Crippen LogP contribution in [-0.2, 0) is 0 Å². The highest BCUT2D eigenvalue weighted by Gasteiger charge is 2.29. The topological polar surface area (TPSA) is 70.7 Å². The number of carboxylic acid groups (broad SMARTS) is 1. The first-order valence-electron chi connectivity index (χ1n) is 5.34. The highest BCUT2D eigenvalue weighted by Crippen LogP contribution is 2.23. The van der Waals surface area contributed by atoms with Crippen LogP contribution in [0, 0.1) is 0 Å². The van der Waals surface area contributed by atoms with Gasteiger partial charge < -0.3 is 5.11 Å². The van der Waals surface area contributed by atoms with Gasteiger partial charge >= 0.3 is 6.09 Å². The Morgan fingerprint density at radius 1 is 1.44 bits per heavy atom. The summed E-state index contributed by atoms with van der Waals surface area (Å²) in [4.78, 5) is 16.7. The van der Waals surface area contributed by atoms with Gasteiger partial charge in [0.2, 0.25) is 0 Å². The second kappa shape index (κ2) is 4.13. The number of nitrogens with zero attached hydrogens (tertiary/aromatic N) is 4. The molecule has 6 nitrogen and oxygen atoms in total. The first-order chi connectivity index (χ1) is 8.29. The zero-order valence-corrected chi connectivity index (χ0v) is 11.0. The lowest BCUT2D eigenvalue weighted by Gasteiger charge is -2.30. The van der Waals surface area contributed by atoms with Crippen molar-refractivity contribution < 1.29 is 9.90 Å². The molecule has 2 aromatic heterocycles. The van der Waals surface area contributed by atoms with Gasteiger partial charge in [0.25, 0.3) is 0 Å². The molecule has 0 saturated carbocycles. The van der Waals surface area contributed by atoms with Crippen molar-refractivity contribution in [1.82, 2.24) is 14.6 Å². The van der Waals surface area contributed by atoms with Gasteiger partial charge in [-0.2, -0.15) is 5.10 Å². The molecule has 0 aliphatic rings. The quantitative estimate of drug-likeness (QED) is 0.863. The number of hydrogen-bond donors (Lipinski definition) is 1. The van der Waals surface area contributed by atoms with Gasteiger partial charge in [0.15, 0.2) is 11.5 Å². The Hall–Kier alpha value is -1.82. The summed E-state index contributed by atoms with van der Waals surface area (Å²) in [6, 6.07) is 3.29. The standard InChI is InChI=1S/C11H13ClN4O2/c1-11(2,3)16(10(17)18)9-6-15-8(13-9)5-4-7(12)14-15/h4-6H,1-3H3,(H,17,18). The second-order valence-electron chi connectivity index (χ2n) is 4.85. The molecule has 0 unspecified atom stereocenters. The van der Waals surface area contributed by atoms with Crippen LogP contribution >= 0.6 is 11.6 Å². The van der Waals surface area contributed by atoms with E-state index in [0.29, 0.717) is 16.6 Å². The van der Waals surface area contributed by atoms with Gasteiger partial charge in [0.05, 0.1) is 6.20 Å². The largest absolute Gasteiger partial charge is 0.465 e. The lowest BCUT2D eigenvalue weighted by atomic mass is 10.1. The Morgan fingerprint density at radius 3 is 2.67 bits per heavy atom. The summed E-state index contributed by atoms with van der Waals surface area (Å²) in [5, 5.41) is 13.6. The van der Waals surface area contributed by atoms with Crippen LogP contribution < -0.4 is 4.90 Å². The molecule has 96 valence electrons. The average Bonchev–Trinajstić information content (AvgIpc) is 2.56. The fourth-order valence-corrected chi connectivity index (χ4v) is 1.83. The van der Waals surface area contributed by atoms with Crippen molar-refractivity contribution in [2.24, 2.45) is 0 Å². The predicted molar refractivity (Wildman–Crippen MR) is 68.3 cm³/mol. The van der Waals surface area contributed by atoms with E-state index >= 15 is 0 Å². The molecule has 0 saturated heterocycles. The van der Waals surface area contributed by atoms with Crippen LogP contribution in [0.4, 0.5) is 10.6 Å². The summed E-state index contributed by atoms with van der Waals surface area (Å²) in [5.74, 6) is 0.324. The van der Waals surface area contributed by atoms with E-state index in [0.717, 1.165) is 0 Å². The Bertz CT molecular complexity index is 603. The molecular formula is C11H13ClN4O2. The molecule has 1 N–H and O–H groups in total. The van der Waals surface area contributed by atoms with Crippen molar-refractivity contribution in [3.63, 3.8) is 0 Å². The van der Waals surface area contributed by atoms with Crippen molar-refractivity contribution >= 4 is 29.2 Å². The summed E-state index contributed by atoms with van der Waals surface area (Å²) in [7, 11) is 0. The first-order valence-corrected chi connectivity index (χ1v) is 5.72. The zero-order valence-electron chi connectivity index (χ0n) is 10.3. The summed E-state index contributed by atoms with van der Waals surface area (Å²) >= 11 is 5.77. The molecule has 18 heavy (non-hydrogen) atoms. The van der Waals surface area contributed by atoms with Crippen molar-refractivity contribution in [2.75, 3.05) is 4.90 Å². The SMILES string of the molecule is CC(C)(C)N(C(=O)O)c1cn2nc(Cl)ccc2n1. The summed E-state index contributed by atoms with van der Waals surface area (Å²) < 4.78 is 1.46. The van der Waals surface area contributed by atoms with Crippen LogP contribution in [0.15, 0.2) is 18.3 Å². The molecule has 2 heterocycles. The van der Waals surface area contributed by atoms with Crippen LogP contribution in [-0.4, -0.2) is 31.3 Å². The maximum absolute atomic E-state index is 11.3. The van der Waals surface area contributed by atoms with E-state index in [1.54, 1.807) is 39.1 Å². The lowest BCUT2D eigenvalue weighted by Crippen LogP contribution is -2.45.